The maximum atomic E-state index is 14.6. The highest BCUT2D eigenvalue weighted by atomic mass is 33.1. The maximum absolute atomic E-state index is 14.6. The van der Waals surface area contributed by atoms with Gasteiger partial charge in [0.15, 0.2) is 0 Å². The second kappa shape index (κ2) is 31.3. The molecule has 1 aromatic carbocycles. The van der Waals surface area contributed by atoms with E-state index in [2.05, 4.69) is 37.2 Å². The summed E-state index contributed by atoms with van der Waals surface area (Å²) < 4.78 is 0. The normalized spacial score (nSPS) is 22.0. The van der Waals surface area contributed by atoms with Gasteiger partial charge in [0.1, 0.15) is 42.0 Å². The largest absolute Gasteiger partial charge is 0.508 e. The van der Waals surface area contributed by atoms with Crippen LogP contribution in [0, 0.1) is 11.8 Å². The number of phenols is 1. The average molecular weight is 1060 g/mol. The summed E-state index contributed by atoms with van der Waals surface area (Å²) in [5, 5.41) is 47.1. The Morgan fingerprint density at radius 2 is 1.39 bits per heavy atom. The van der Waals surface area contributed by atoms with E-state index in [4.69, 9.17) is 22.9 Å². The predicted molar refractivity (Wildman–Crippen MR) is 264 cm³/mol. The molecule has 1 saturated heterocycles. The lowest BCUT2D eigenvalue weighted by molar-refractivity contribution is -0.140. The van der Waals surface area contributed by atoms with Crippen molar-refractivity contribution in [1.29, 1.82) is 0 Å². The lowest BCUT2D eigenvalue weighted by atomic mass is 9.96. The Labute approximate surface area is 424 Å². The van der Waals surface area contributed by atoms with E-state index in [-0.39, 0.29) is 42.4 Å². The van der Waals surface area contributed by atoms with Gasteiger partial charge in [0, 0.05) is 30.9 Å². The van der Waals surface area contributed by atoms with Crippen molar-refractivity contribution in [1.82, 2.24) is 42.1 Å². The third-order valence-corrected chi connectivity index (χ3v) is 13.5. The van der Waals surface area contributed by atoms with Crippen molar-refractivity contribution in [3.63, 3.8) is 0 Å². The second-order valence-corrected chi connectivity index (χ2v) is 20.2. The number of aliphatic hydroxyl groups excluding tert-OH is 2. The number of rotatable bonds is 22. The molecule has 0 saturated carbocycles. The van der Waals surface area contributed by atoms with Gasteiger partial charge in [0.2, 0.25) is 65.0 Å². The molecule has 1 aliphatic rings. The Morgan fingerprint density at radius 3 is 1.97 bits per heavy atom. The fraction of sp³-hybridized carbons (Fsp3) is 0.614. The van der Waals surface area contributed by atoms with E-state index in [9.17, 15) is 68.1 Å². The highest BCUT2D eigenvalue weighted by Crippen LogP contribution is 2.24. The number of phenolic OH excluding ortho intramolecular Hbond substituents is 1. The second-order valence-electron chi connectivity index (χ2n) is 17.7. The van der Waals surface area contributed by atoms with Crippen molar-refractivity contribution in [3.05, 3.63) is 29.8 Å². The van der Waals surface area contributed by atoms with Crippen LogP contribution in [0.2, 0.25) is 0 Å². The first-order valence-corrected chi connectivity index (χ1v) is 25.6. The summed E-state index contributed by atoms with van der Waals surface area (Å²) in [4.78, 5) is 148. The molecule has 1 unspecified atom stereocenters. The van der Waals surface area contributed by atoms with Crippen LogP contribution < -0.4 is 60.2 Å². The zero-order chi connectivity index (χ0) is 54.2. The van der Waals surface area contributed by atoms with Gasteiger partial charge in [-0.3, -0.25) is 52.7 Å². The van der Waals surface area contributed by atoms with Crippen LogP contribution in [0.4, 0.5) is 0 Å². The molecule has 18 N–H and O–H groups in total. The van der Waals surface area contributed by atoms with Crippen molar-refractivity contribution >= 4 is 86.6 Å². The Balaban J connectivity index is 2.71. The molecule has 402 valence electrons. The Kier molecular flexibility index (Phi) is 26.9. The SMILES string of the molecule is CC[C@H](C)[C@@H]1NC(=O)[C@H](Cc2ccc(O)cc2)NC(=O)[C@@H](N)CSSC[C@@H](C(=O)N(CCC(O)CO)CC(=O)N[C@@H](CC(C)C)C(=O)NCC(N)=O)NC(=O)[C@H](CC(N)=O)NC(=O)[C@H](CCC(N)=O)NC1=O. The molecule has 0 aromatic heterocycles. The highest BCUT2D eigenvalue weighted by molar-refractivity contribution is 8.76. The first-order chi connectivity index (χ1) is 33.8. The molecule has 1 aliphatic heterocycles. The van der Waals surface area contributed by atoms with Gasteiger partial charge in [-0.15, -0.1) is 0 Å². The number of nitrogens with two attached hydrogens (primary N) is 4. The summed E-state index contributed by atoms with van der Waals surface area (Å²) in [6, 6.07) is -4.57. The lowest BCUT2D eigenvalue weighted by Gasteiger charge is -2.31. The third-order valence-electron chi connectivity index (χ3n) is 11.1. The number of aliphatic hydroxyl groups is 2. The van der Waals surface area contributed by atoms with Crippen LogP contribution in [-0.2, 0) is 59.2 Å². The van der Waals surface area contributed by atoms with Gasteiger partial charge < -0.3 is 80.4 Å². The minimum Gasteiger partial charge on any atom is -0.508 e. The number of nitrogens with one attached hydrogen (secondary N) is 7. The standard InChI is InChI=1S/C44H70N12O14S2/c1-5-23(4)37-43(69)51-28(10-11-33(46)60)40(66)53-31(16-34(47)61)41(67)54-32(21-72-71-20-27(45)38(64)52-30(42(68)55-37)15-24-6-8-25(58)9-7-24)44(70)56(13-12-26(59)19-57)18-36(63)50-29(14-22(2)3)39(65)49-17-35(48)62/h6-9,22-23,26-32,37,57-59H,5,10-21,45H2,1-4H3,(H2,46,60)(H2,47,61)(H2,48,62)(H,49,65)(H,50,63)(H,51,69)(H,52,64)(H,53,66)(H,54,67)(H,55,68)/t23-,26?,27-,28-,29-,30-,31-,32-,37-/m0/s1. The minimum atomic E-state index is -1.84. The molecule has 0 aliphatic carbocycles. The van der Waals surface area contributed by atoms with Crippen molar-refractivity contribution in [3.8, 4) is 5.75 Å². The summed E-state index contributed by atoms with van der Waals surface area (Å²) in [7, 11) is 1.88. The predicted octanol–water partition coefficient (Wildman–Crippen LogP) is -5.03. The van der Waals surface area contributed by atoms with E-state index in [0.717, 1.165) is 26.5 Å². The van der Waals surface area contributed by atoms with E-state index in [1.165, 1.54) is 24.3 Å². The molecule has 26 nitrogen and oxygen atoms in total. The third kappa shape index (κ3) is 22.5. The van der Waals surface area contributed by atoms with Crippen LogP contribution in [0.5, 0.6) is 5.75 Å². The van der Waals surface area contributed by atoms with Crippen LogP contribution in [0.15, 0.2) is 24.3 Å². The summed E-state index contributed by atoms with van der Waals surface area (Å²) >= 11 is 0. The molecule has 1 fully saturated rings. The highest BCUT2D eigenvalue weighted by Gasteiger charge is 2.37. The van der Waals surface area contributed by atoms with Gasteiger partial charge in [0.05, 0.1) is 38.3 Å². The van der Waals surface area contributed by atoms with Gasteiger partial charge in [-0.25, -0.2) is 0 Å². The van der Waals surface area contributed by atoms with Crippen LogP contribution in [0.25, 0.3) is 0 Å². The molecular formula is C44H70N12O14S2. The number of aromatic hydroxyl groups is 1. The zero-order valence-electron chi connectivity index (χ0n) is 40.7. The number of amides is 11. The zero-order valence-corrected chi connectivity index (χ0v) is 42.3. The maximum Gasteiger partial charge on any atom is 0.246 e. The van der Waals surface area contributed by atoms with E-state index < -0.39 is 165 Å². The van der Waals surface area contributed by atoms with E-state index in [1.54, 1.807) is 27.7 Å². The van der Waals surface area contributed by atoms with E-state index in [1.807, 2.05) is 0 Å². The van der Waals surface area contributed by atoms with Gasteiger partial charge >= 0.3 is 0 Å². The monoisotopic (exact) mass is 1050 g/mol. The number of carbonyl (C=O) groups excluding carboxylic acids is 11. The lowest BCUT2D eigenvalue weighted by Crippen LogP contribution is -2.61. The topological polar surface area (TPSA) is 440 Å². The van der Waals surface area contributed by atoms with Crippen LogP contribution in [0.1, 0.15) is 71.8 Å². The first-order valence-electron chi connectivity index (χ1n) is 23.1. The minimum absolute atomic E-state index is 0.0672. The molecule has 1 heterocycles. The molecular weight excluding hydrogens is 985 g/mol. The number of carbonyl (C=O) groups is 11. The van der Waals surface area contributed by atoms with Crippen LogP contribution in [-0.4, -0.2) is 171 Å². The molecule has 9 atom stereocenters. The van der Waals surface area contributed by atoms with Gasteiger partial charge in [-0.2, -0.15) is 0 Å². The Bertz CT molecular complexity index is 2070. The van der Waals surface area contributed by atoms with Crippen molar-refractivity contribution in [2.45, 2.75) is 121 Å². The summed E-state index contributed by atoms with van der Waals surface area (Å²) in [5.41, 5.74) is 22.9. The smallest absolute Gasteiger partial charge is 0.246 e. The fourth-order valence-electron chi connectivity index (χ4n) is 6.87. The van der Waals surface area contributed by atoms with Crippen LogP contribution >= 0.6 is 21.6 Å². The Hall–Kier alpha value is -6.23. The average Bonchev–Trinajstić information content (AvgIpc) is 3.31. The number of nitrogens with zero attached hydrogens (tertiary/aromatic N) is 1. The molecule has 2 rings (SSSR count). The number of hydrogen-bond acceptors (Lipinski definition) is 17. The van der Waals surface area contributed by atoms with Gasteiger partial charge in [-0.1, -0.05) is 67.8 Å². The van der Waals surface area contributed by atoms with E-state index >= 15 is 0 Å². The molecule has 1 aromatic rings. The molecule has 11 amide bonds. The number of hydrogen-bond donors (Lipinski definition) is 14. The van der Waals surface area contributed by atoms with Crippen molar-refractivity contribution in [2.24, 2.45) is 34.8 Å². The quantitative estimate of drug-likeness (QED) is 0.0484. The molecule has 0 bridgehead atoms. The summed E-state index contributed by atoms with van der Waals surface area (Å²) in [6.45, 7) is 4.41. The summed E-state index contributed by atoms with van der Waals surface area (Å²) in [5.74, 6) is -11.6. The number of primary amides is 3. The van der Waals surface area contributed by atoms with Crippen LogP contribution in [0.3, 0.4) is 0 Å². The first kappa shape index (κ1) is 61.9. The van der Waals surface area contributed by atoms with Gasteiger partial charge in [-0.05, 0) is 48.8 Å². The number of benzene rings is 1. The van der Waals surface area contributed by atoms with Gasteiger partial charge in [0.25, 0.3) is 0 Å². The van der Waals surface area contributed by atoms with Crippen molar-refractivity contribution < 1.29 is 68.1 Å². The molecule has 0 radical (unpaired) electrons. The van der Waals surface area contributed by atoms with E-state index in [0.29, 0.717) is 12.0 Å². The van der Waals surface area contributed by atoms with Crippen molar-refractivity contribution in [2.75, 3.05) is 37.7 Å². The molecule has 0 spiro atoms. The summed E-state index contributed by atoms with van der Waals surface area (Å²) in [6.07, 6.45) is -3.18. The molecule has 28 heteroatoms. The fourth-order valence-corrected chi connectivity index (χ4v) is 9.15. The Morgan fingerprint density at radius 1 is 0.792 bits per heavy atom. The molecule has 72 heavy (non-hydrogen) atoms.